The molecule has 0 bridgehead atoms. The van der Waals surface area contributed by atoms with Crippen LogP contribution < -0.4 is 14.8 Å². The topological polar surface area (TPSA) is 56.8 Å². The Balaban J connectivity index is 2.37. The van der Waals surface area contributed by atoms with Crippen molar-refractivity contribution >= 4 is 11.7 Å². The maximum absolute atomic E-state index is 13.7. The van der Waals surface area contributed by atoms with Gasteiger partial charge >= 0.3 is 5.97 Å². The maximum Gasteiger partial charge on any atom is 0.340 e. The van der Waals surface area contributed by atoms with Crippen LogP contribution in [0.5, 0.6) is 11.5 Å². The molecule has 5 nitrogen and oxygen atoms in total. The molecule has 0 aliphatic rings. The SMILES string of the molecule is COC(=O)c1cc(OC)c(OC)cc1NCc1cccc(F)c1F. The third kappa shape index (κ3) is 3.56. The second-order valence-corrected chi connectivity index (χ2v) is 4.81. The van der Waals surface area contributed by atoms with Crippen LogP contribution in [0.15, 0.2) is 30.3 Å². The van der Waals surface area contributed by atoms with Crippen molar-refractivity contribution in [2.45, 2.75) is 6.54 Å². The molecule has 0 unspecified atom stereocenters. The van der Waals surface area contributed by atoms with Crippen molar-refractivity contribution in [2.75, 3.05) is 26.6 Å². The highest BCUT2D eigenvalue weighted by Gasteiger charge is 2.18. The summed E-state index contributed by atoms with van der Waals surface area (Å²) in [5.74, 6) is -1.74. The number of carbonyl (C=O) groups excluding carboxylic acids is 1. The fourth-order valence-corrected chi connectivity index (χ4v) is 2.18. The van der Waals surface area contributed by atoms with Crippen LogP contribution in [-0.4, -0.2) is 27.3 Å². The van der Waals surface area contributed by atoms with Gasteiger partial charge in [-0.3, -0.25) is 0 Å². The molecule has 0 saturated carbocycles. The van der Waals surface area contributed by atoms with Crippen molar-refractivity contribution in [2.24, 2.45) is 0 Å². The van der Waals surface area contributed by atoms with Crippen LogP contribution in [0.1, 0.15) is 15.9 Å². The van der Waals surface area contributed by atoms with Gasteiger partial charge in [0.25, 0.3) is 0 Å². The van der Waals surface area contributed by atoms with E-state index in [0.717, 1.165) is 6.07 Å². The van der Waals surface area contributed by atoms with Crippen molar-refractivity contribution in [1.82, 2.24) is 0 Å². The van der Waals surface area contributed by atoms with Crippen LogP contribution in [0, 0.1) is 11.6 Å². The zero-order valence-corrected chi connectivity index (χ0v) is 13.5. The number of hydrogen-bond donors (Lipinski definition) is 1. The van der Waals surface area contributed by atoms with Crippen molar-refractivity contribution in [3.63, 3.8) is 0 Å². The molecule has 0 amide bonds. The van der Waals surface area contributed by atoms with Gasteiger partial charge in [0.15, 0.2) is 23.1 Å². The first-order valence-electron chi connectivity index (χ1n) is 7.03. The van der Waals surface area contributed by atoms with Gasteiger partial charge in [-0.25, -0.2) is 13.6 Å². The van der Waals surface area contributed by atoms with Crippen molar-refractivity contribution in [1.29, 1.82) is 0 Å². The van der Waals surface area contributed by atoms with Crippen LogP contribution in [0.2, 0.25) is 0 Å². The summed E-state index contributed by atoms with van der Waals surface area (Å²) >= 11 is 0. The zero-order valence-electron chi connectivity index (χ0n) is 13.5. The minimum atomic E-state index is -0.940. The van der Waals surface area contributed by atoms with E-state index in [-0.39, 0.29) is 17.7 Å². The Morgan fingerprint density at radius 1 is 1.08 bits per heavy atom. The van der Waals surface area contributed by atoms with Gasteiger partial charge in [0.05, 0.1) is 32.6 Å². The number of ether oxygens (including phenoxy) is 3. The Morgan fingerprint density at radius 2 is 1.75 bits per heavy atom. The van der Waals surface area contributed by atoms with E-state index in [1.165, 1.54) is 45.6 Å². The van der Waals surface area contributed by atoms with Crippen LogP contribution in [0.3, 0.4) is 0 Å². The van der Waals surface area contributed by atoms with Crippen LogP contribution in [0.4, 0.5) is 14.5 Å². The van der Waals surface area contributed by atoms with Gasteiger partial charge in [0.2, 0.25) is 0 Å². The number of esters is 1. The van der Waals surface area contributed by atoms with Gasteiger partial charge in [0, 0.05) is 24.2 Å². The molecule has 0 aliphatic heterocycles. The summed E-state index contributed by atoms with van der Waals surface area (Å²) in [5.41, 5.74) is 0.663. The second-order valence-electron chi connectivity index (χ2n) is 4.81. The minimum Gasteiger partial charge on any atom is -0.493 e. The molecule has 24 heavy (non-hydrogen) atoms. The van der Waals surface area contributed by atoms with E-state index >= 15 is 0 Å². The lowest BCUT2D eigenvalue weighted by atomic mass is 10.1. The first-order valence-corrected chi connectivity index (χ1v) is 7.03. The van der Waals surface area contributed by atoms with E-state index < -0.39 is 17.6 Å². The number of rotatable bonds is 6. The zero-order chi connectivity index (χ0) is 17.7. The Morgan fingerprint density at radius 3 is 2.38 bits per heavy atom. The average molecular weight is 337 g/mol. The Hall–Kier alpha value is -2.83. The second kappa shape index (κ2) is 7.63. The van der Waals surface area contributed by atoms with Gasteiger partial charge < -0.3 is 19.5 Å². The summed E-state index contributed by atoms with van der Waals surface area (Å²) in [7, 11) is 4.13. The summed E-state index contributed by atoms with van der Waals surface area (Å²) in [6, 6.07) is 6.88. The number of nitrogens with one attached hydrogen (secondary N) is 1. The predicted octanol–water partition coefficient (Wildman–Crippen LogP) is 3.38. The lowest BCUT2D eigenvalue weighted by Crippen LogP contribution is -2.10. The van der Waals surface area contributed by atoms with Crippen LogP contribution in [-0.2, 0) is 11.3 Å². The fourth-order valence-electron chi connectivity index (χ4n) is 2.18. The Kier molecular flexibility index (Phi) is 5.57. The van der Waals surface area contributed by atoms with Crippen molar-refractivity contribution in [3.05, 3.63) is 53.1 Å². The number of anilines is 1. The fraction of sp³-hybridized carbons (Fsp3) is 0.235. The van der Waals surface area contributed by atoms with Gasteiger partial charge in [-0.1, -0.05) is 12.1 Å². The molecule has 2 rings (SSSR count). The normalized spacial score (nSPS) is 10.2. The van der Waals surface area contributed by atoms with Crippen molar-refractivity contribution in [3.8, 4) is 11.5 Å². The van der Waals surface area contributed by atoms with Gasteiger partial charge in [0.1, 0.15) is 0 Å². The molecule has 0 atom stereocenters. The van der Waals surface area contributed by atoms with Crippen LogP contribution in [0.25, 0.3) is 0 Å². The molecule has 7 heteroatoms. The summed E-state index contributed by atoms with van der Waals surface area (Å²) < 4.78 is 42.1. The third-order valence-electron chi connectivity index (χ3n) is 3.43. The number of hydrogen-bond acceptors (Lipinski definition) is 5. The summed E-state index contributed by atoms with van der Waals surface area (Å²) in [6.45, 7) is -0.0247. The quantitative estimate of drug-likeness (QED) is 0.819. The third-order valence-corrected chi connectivity index (χ3v) is 3.43. The van der Waals surface area contributed by atoms with E-state index in [4.69, 9.17) is 14.2 Å². The summed E-state index contributed by atoms with van der Waals surface area (Å²) in [4.78, 5) is 11.9. The van der Waals surface area contributed by atoms with E-state index in [0.29, 0.717) is 17.2 Å². The smallest absolute Gasteiger partial charge is 0.340 e. The predicted molar refractivity (Wildman–Crippen MR) is 84.6 cm³/mol. The molecule has 128 valence electrons. The minimum absolute atomic E-state index is 0.0247. The lowest BCUT2D eigenvalue weighted by Gasteiger charge is -2.15. The van der Waals surface area contributed by atoms with E-state index in [9.17, 15) is 13.6 Å². The molecule has 0 radical (unpaired) electrons. The molecule has 1 N–H and O–H groups in total. The maximum atomic E-state index is 13.7. The highest BCUT2D eigenvalue weighted by molar-refractivity contribution is 5.96. The van der Waals surface area contributed by atoms with E-state index in [1.807, 2.05) is 0 Å². The first-order chi connectivity index (χ1) is 11.5. The van der Waals surface area contributed by atoms with Gasteiger partial charge in [-0.05, 0) is 6.07 Å². The van der Waals surface area contributed by atoms with E-state index in [2.05, 4.69) is 5.32 Å². The number of halogens is 2. The number of methoxy groups -OCH3 is 3. The Labute approximate surface area is 138 Å². The monoisotopic (exact) mass is 337 g/mol. The molecular formula is C17H17F2NO4. The average Bonchev–Trinajstić information content (AvgIpc) is 2.61. The highest BCUT2D eigenvalue weighted by atomic mass is 19.2. The van der Waals surface area contributed by atoms with E-state index in [1.54, 1.807) is 0 Å². The largest absolute Gasteiger partial charge is 0.493 e. The first kappa shape index (κ1) is 17.5. The number of carbonyl (C=O) groups is 1. The molecule has 2 aromatic carbocycles. The molecule has 0 saturated heterocycles. The van der Waals surface area contributed by atoms with Gasteiger partial charge in [-0.15, -0.1) is 0 Å². The number of benzene rings is 2. The van der Waals surface area contributed by atoms with Crippen molar-refractivity contribution < 1.29 is 27.8 Å². The van der Waals surface area contributed by atoms with Crippen LogP contribution >= 0.6 is 0 Å². The highest BCUT2D eigenvalue weighted by Crippen LogP contribution is 2.34. The Bertz CT molecular complexity index is 750. The molecule has 0 spiro atoms. The van der Waals surface area contributed by atoms with Gasteiger partial charge in [-0.2, -0.15) is 0 Å². The standard InChI is InChI=1S/C17H17F2NO4/c1-22-14-7-11(17(21)24-3)13(8-15(14)23-2)20-9-10-5-4-6-12(18)16(10)19/h4-8,20H,9H2,1-3H3. The molecular weight excluding hydrogens is 320 g/mol. The molecule has 0 fully saturated rings. The molecule has 2 aromatic rings. The lowest BCUT2D eigenvalue weighted by molar-refractivity contribution is 0.0601. The summed E-state index contributed by atoms with van der Waals surface area (Å²) in [5, 5.41) is 2.90. The summed E-state index contributed by atoms with van der Waals surface area (Å²) in [6.07, 6.45) is 0. The molecule has 0 heterocycles. The molecule has 0 aromatic heterocycles. The molecule has 0 aliphatic carbocycles.